The molecule has 0 aliphatic carbocycles. The minimum atomic E-state index is -1.03. The van der Waals surface area contributed by atoms with Gasteiger partial charge in [-0.05, 0) is 49.1 Å². The quantitative estimate of drug-likeness (QED) is 0.596. The third kappa shape index (κ3) is 4.39. The Hall–Kier alpha value is -1.92. The predicted molar refractivity (Wildman–Crippen MR) is 107 cm³/mol. The van der Waals surface area contributed by atoms with Gasteiger partial charge in [-0.25, -0.2) is 4.79 Å². The van der Waals surface area contributed by atoms with E-state index in [1.54, 1.807) is 6.92 Å². The number of rotatable bonds is 6. The summed E-state index contributed by atoms with van der Waals surface area (Å²) in [6.45, 7) is 9.76. The van der Waals surface area contributed by atoms with Crippen LogP contribution in [0.3, 0.4) is 0 Å². The Balaban J connectivity index is 1.58. The second-order valence-electron chi connectivity index (χ2n) is 8.86. The molecule has 2 saturated heterocycles. The van der Waals surface area contributed by atoms with Crippen molar-refractivity contribution in [3.8, 4) is 0 Å². The van der Waals surface area contributed by atoms with Crippen molar-refractivity contribution in [2.24, 2.45) is 0 Å². The zero-order valence-electron chi connectivity index (χ0n) is 17.4. The predicted octanol–water partition coefficient (Wildman–Crippen LogP) is 3.68. The second-order valence-corrected chi connectivity index (χ2v) is 8.86. The number of hydrogen-bond donors (Lipinski definition) is 1. The van der Waals surface area contributed by atoms with E-state index < -0.39 is 5.54 Å². The van der Waals surface area contributed by atoms with Crippen molar-refractivity contribution in [1.29, 1.82) is 0 Å². The van der Waals surface area contributed by atoms with Crippen LogP contribution >= 0.6 is 0 Å². The van der Waals surface area contributed by atoms with E-state index in [4.69, 9.17) is 9.47 Å². The number of hydrogen-bond acceptors (Lipinski definition) is 4. The molecule has 28 heavy (non-hydrogen) atoms. The summed E-state index contributed by atoms with van der Waals surface area (Å²) in [5.74, 6) is -0.213. The largest absolute Gasteiger partial charge is 0.353 e. The average molecular weight is 389 g/mol. The molecule has 0 unspecified atom stereocenters. The van der Waals surface area contributed by atoms with Crippen LogP contribution in [0, 0.1) is 0 Å². The summed E-state index contributed by atoms with van der Waals surface area (Å²) in [4.78, 5) is 26.7. The fourth-order valence-electron chi connectivity index (χ4n) is 3.68. The highest BCUT2D eigenvalue weighted by atomic mass is 16.7. The molecule has 1 aromatic carbocycles. The van der Waals surface area contributed by atoms with Crippen LogP contribution in [-0.4, -0.2) is 42.9 Å². The highest BCUT2D eigenvalue weighted by molar-refractivity contribution is 6.07. The standard InChI is InChI=1S/C22H32N2O4/c1-21(2,3)16-9-11-17(12-10-16)22(4)19(25)24(20(26)23-22)13-7-15-28-18-8-5-6-14-27-18/h9-12,18H,5-8,13-15H2,1-4H3,(H,23,26)/t18-,22-/m1/s1. The van der Waals surface area contributed by atoms with Crippen LogP contribution in [0.25, 0.3) is 0 Å². The fourth-order valence-corrected chi connectivity index (χ4v) is 3.68. The molecule has 3 amide bonds. The highest BCUT2D eigenvalue weighted by Gasteiger charge is 2.48. The van der Waals surface area contributed by atoms with Gasteiger partial charge in [0.2, 0.25) is 0 Å². The minimum absolute atomic E-state index is 0.0381. The molecule has 1 N–H and O–H groups in total. The monoisotopic (exact) mass is 388 g/mol. The Kier molecular flexibility index (Phi) is 6.10. The molecule has 0 saturated carbocycles. The zero-order chi connectivity index (χ0) is 20.4. The number of carbonyl (C=O) groups excluding carboxylic acids is 2. The lowest BCUT2D eigenvalue weighted by Gasteiger charge is -2.25. The Labute approximate surface area is 167 Å². The molecule has 2 aliphatic rings. The number of imide groups is 1. The van der Waals surface area contributed by atoms with Gasteiger partial charge in [-0.3, -0.25) is 9.69 Å². The van der Waals surface area contributed by atoms with Crippen LogP contribution < -0.4 is 5.32 Å². The van der Waals surface area contributed by atoms with Crippen molar-refractivity contribution in [1.82, 2.24) is 10.2 Å². The van der Waals surface area contributed by atoms with E-state index in [-0.39, 0.29) is 23.6 Å². The van der Waals surface area contributed by atoms with Gasteiger partial charge in [0.15, 0.2) is 6.29 Å². The van der Waals surface area contributed by atoms with Gasteiger partial charge in [0.25, 0.3) is 5.91 Å². The van der Waals surface area contributed by atoms with Gasteiger partial charge in [0, 0.05) is 13.2 Å². The molecule has 0 bridgehead atoms. The molecular formula is C22H32N2O4. The number of benzene rings is 1. The van der Waals surface area contributed by atoms with E-state index in [0.717, 1.165) is 31.4 Å². The Morgan fingerprint density at radius 3 is 2.54 bits per heavy atom. The smallest absolute Gasteiger partial charge is 0.325 e. The lowest BCUT2D eigenvalue weighted by molar-refractivity contribution is -0.163. The zero-order valence-corrected chi connectivity index (χ0v) is 17.4. The maximum absolute atomic E-state index is 13.0. The molecule has 2 heterocycles. The van der Waals surface area contributed by atoms with Crippen LogP contribution in [-0.2, 0) is 25.2 Å². The van der Waals surface area contributed by atoms with Gasteiger partial charge in [0.05, 0.1) is 6.61 Å². The van der Waals surface area contributed by atoms with Crippen molar-refractivity contribution < 1.29 is 19.1 Å². The summed E-state index contributed by atoms with van der Waals surface area (Å²) in [6, 6.07) is 7.58. The first-order valence-corrected chi connectivity index (χ1v) is 10.2. The van der Waals surface area contributed by atoms with Crippen LogP contribution in [0.4, 0.5) is 4.79 Å². The number of amides is 3. The number of urea groups is 1. The van der Waals surface area contributed by atoms with E-state index in [1.165, 1.54) is 10.5 Å². The molecule has 0 aromatic heterocycles. The normalized spacial score (nSPS) is 25.9. The summed E-state index contributed by atoms with van der Waals surface area (Å²) in [5, 5.41) is 2.87. The van der Waals surface area contributed by atoms with E-state index >= 15 is 0 Å². The topological polar surface area (TPSA) is 67.9 Å². The molecule has 6 heteroatoms. The molecule has 0 radical (unpaired) electrons. The van der Waals surface area contributed by atoms with Crippen molar-refractivity contribution in [3.63, 3.8) is 0 Å². The van der Waals surface area contributed by atoms with Gasteiger partial charge >= 0.3 is 6.03 Å². The van der Waals surface area contributed by atoms with Gasteiger partial charge in [-0.2, -0.15) is 0 Å². The first-order chi connectivity index (χ1) is 13.2. The first kappa shape index (κ1) is 20.8. The summed E-state index contributed by atoms with van der Waals surface area (Å²) >= 11 is 0. The summed E-state index contributed by atoms with van der Waals surface area (Å²) in [7, 11) is 0. The van der Waals surface area contributed by atoms with Crippen LogP contribution in [0.1, 0.15) is 64.5 Å². The van der Waals surface area contributed by atoms with Crippen molar-refractivity contribution in [2.45, 2.75) is 70.6 Å². The summed E-state index contributed by atoms with van der Waals surface area (Å²) in [5.41, 5.74) is 1.00. The minimum Gasteiger partial charge on any atom is -0.353 e. The summed E-state index contributed by atoms with van der Waals surface area (Å²) in [6.07, 6.45) is 3.55. The molecule has 2 aliphatic heterocycles. The maximum atomic E-state index is 13.0. The van der Waals surface area contributed by atoms with Crippen LogP contribution in [0.2, 0.25) is 0 Å². The van der Waals surface area contributed by atoms with Crippen LogP contribution in [0.15, 0.2) is 24.3 Å². The second kappa shape index (κ2) is 8.21. The van der Waals surface area contributed by atoms with Gasteiger partial charge < -0.3 is 14.8 Å². The Morgan fingerprint density at radius 2 is 1.93 bits per heavy atom. The third-order valence-corrected chi connectivity index (χ3v) is 5.57. The van der Waals surface area contributed by atoms with Crippen LogP contribution in [0.5, 0.6) is 0 Å². The molecule has 2 fully saturated rings. The van der Waals surface area contributed by atoms with E-state index in [9.17, 15) is 9.59 Å². The number of nitrogens with one attached hydrogen (secondary N) is 1. The van der Waals surface area contributed by atoms with Crippen molar-refractivity contribution in [2.75, 3.05) is 19.8 Å². The fraction of sp³-hybridized carbons (Fsp3) is 0.636. The average Bonchev–Trinajstić information content (AvgIpc) is 2.89. The third-order valence-electron chi connectivity index (χ3n) is 5.57. The number of nitrogens with zero attached hydrogens (tertiary/aromatic N) is 1. The van der Waals surface area contributed by atoms with E-state index in [1.807, 2.05) is 24.3 Å². The highest BCUT2D eigenvalue weighted by Crippen LogP contribution is 2.31. The lowest BCUT2D eigenvalue weighted by atomic mass is 9.84. The van der Waals surface area contributed by atoms with Crippen molar-refractivity contribution >= 4 is 11.9 Å². The molecule has 3 rings (SSSR count). The first-order valence-electron chi connectivity index (χ1n) is 10.2. The molecule has 1 aromatic rings. The maximum Gasteiger partial charge on any atom is 0.325 e. The van der Waals surface area contributed by atoms with Gasteiger partial charge in [0.1, 0.15) is 5.54 Å². The van der Waals surface area contributed by atoms with E-state index in [0.29, 0.717) is 19.6 Å². The Bertz CT molecular complexity index is 704. The van der Waals surface area contributed by atoms with Gasteiger partial charge in [-0.15, -0.1) is 0 Å². The number of carbonyl (C=O) groups is 2. The van der Waals surface area contributed by atoms with Crippen molar-refractivity contribution in [3.05, 3.63) is 35.4 Å². The molecular weight excluding hydrogens is 356 g/mol. The lowest BCUT2D eigenvalue weighted by Crippen LogP contribution is -2.41. The molecule has 154 valence electrons. The Morgan fingerprint density at radius 1 is 1.21 bits per heavy atom. The SMILES string of the molecule is CC(C)(C)c1ccc([C@@]2(C)NC(=O)N(CCCO[C@@H]3CCCCO3)C2=O)cc1. The van der Waals surface area contributed by atoms with E-state index in [2.05, 4.69) is 26.1 Å². The van der Waals surface area contributed by atoms with Gasteiger partial charge in [-0.1, -0.05) is 45.0 Å². The summed E-state index contributed by atoms with van der Waals surface area (Å²) < 4.78 is 11.2. The molecule has 6 nitrogen and oxygen atoms in total. The molecule has 0 spiro atoms. The molecule has 2 atom stereocenters. The number of ether oxygens (including phenoxy) is 2.